The second-order valence-corrected chi connectivity index (χ2v) is 5.50. The topological polar surface area (TPSA) is 38.0 Å². The van der Waals surface area contributed by atoms with E-state index in [0.717, 1.165) is 21.4 Å². The van der Waals surface area contributed by atoms with Crippen LogP contribution < -0.4 is 11.1 Å². The van der Waals surface area contributed by atoms with Crippen molar-refractivity contribution >= 4 is 56.2 Å². The summed E-state index contributed by atoms with van der Waals surface area (Å²) in [5.74, 6) is 0. The molecule has 18 heavy (non-hydrogen) atoms. The Morgan fingerprint density at radius 1 is 1.11 bits per heavy atom. The van der Waals surface area contributed by atoms with Crippen LogP contribution in [0.5, 0.6) is 0 Å². The molecule has 0 radical (unpaired) electrons. The van der Waals surface area contributed by atoms with Crippen LogP contribution in [0.4, 0.5) is 17.1 Å². The van der Waals surface area contributed by atoms with Crippen LogP contribution in [0.3, 0.4) is 0 Å². The van der Waals surface area contributed by atoms with Gasteiger partial charge in [-0.25, -0.2) is 0 Å². The molecule has 2 rings (SSSR count). The van der Waals surface area contributed by atoms with Gasteiger partial charge in [-0.1, -0.05) is 35.3 Å². The minimum absolute atomic E-state index is 0.466. The van der Waals surface area contributed by atoms with Gasteiger partial charge in [0.15, 0.2) is 0 Å². The van der Waals surface area contributed by atoms with Gasteiger partial charge in [0, 0.05) is 4.47 Å². The van der Waals surface area contributed by atoms with E-state index in [1.54, 1.807) is 0 Å². The molecule has 0 saturated heterocycles. The number of aryl methyl sites for hydroxylation is 1. The van der Waals surface area contributed by atoms with E-state index in [9.17, 15) is 0 Å². The van der Waals surface area contributed by atoms with E-state index in [1.165, 1.54) is 0 Å². The van der Waals surface area contributed by atoms with Crippen molar-refractivity contribution in [3.05, 3.63) is 50.4 Å². The van der Waals surface area contributed by atoms with E-state index >= 15 is 0 Å². The first-order valence-electron chi connectivity index (χ1n) is 5.26. The first-order chi connectivity index (χ1) is 8.50. The van der Waals surface area contributed by atoms with Gasteiger partial charge in [0.05, 0.1) is 27.1 Å². The predicted octanol–water partition coefficient (Wildman–Crippen LogP) is 5.39. The Kier molecular flexibility index (Phi) is 4.05. The molecule has 94 valence electrons. The van der Waals surface area contributed by atoms with Crippen LogP contribution >= 0.6 is 39.1 Å². The molecule has 0 aliphatic carbocycles. The zero-order valence-electron chi connectivity index (χ0n) is 9.60. The Labute approximate surface area is 124 Å². The summed E-state index contributed by atoms with van der Waals surface area (Å²) in [5, 5.41) is 4.16. The molecule has 0 aliphatic rings. The van der Waals surface area contributed by atoms with Crippen LogP contribution in [0, 0.1) is 6.92 Å². The fourth-order valence-electron chi connectivity index (χ4n) is 1.62. The Balaban J connectivity index is 2.44. The van der Waals surface area contributed by atoms with Crippen molar-refractivity contribution in [2.75, 3.05) is 11.1 Å². The van der Waals surface area contributed by atoms with Gasteiger partial charge in [-0.15, -0.1) is 0 Å². The molecular formula is C13H11BrCl2N2. The number of nitrogen functional groups attached to an aromatic ring is 1. The van der Waals surface area contributed by atoms with E-state index in [2.05, 4.69) is 21.2 Å². The third-order valence-electron chi connectivity index (χ3n) is 2.60. The number of halogens is 3. The molecule has 0 saturated carbocycles. The average Bonchev–Trinajstić information content (AvgIpc) is 2.34. The molecule has 3 N–H and O–H groups in total. The SMILES string of the molecule is Cc1cccc(N)c1Nc1ccc(Br)c(Cl)c1Cl. The molecule has 0 amide bonds. The van der Waals surface area contributed by atoms with Crippen molar-refractivity contribution in [3.8, 4) is 0 Å². The molecule has 0 aromatic heterocycles. The maximum absolute atomic E-state index is 6.19. The monoisotopic (exact) mass is 344 g/mol. The number of hydrogen-bond donors (Lipinski definition) is 2. The molecule has 0 heterocycles. The molecule has 2 aromatic carbocycles. The maximum Gasteiger partial charge on any atom is 0.0838 e. The fourth-order valence-corrected chi connectivity index (χ4v) is 2.44. The molecular weight excluding hydrogens is 335 g/mol. The van der Waals surface area contributed by atoms with Gasteiger partial charge < -0.3 is 11.1 Å². The van der Waals surface area contributed by atoms with Gasteiger partial charge in [0.2, 0.25) is 0 Å². The lowest BCUT2D eigenvalue weighted by Gasteiger charge is -2.14. The third kappa shape index (κ3) is 2.58. The third-order valence-corrected chi connectivity index (χ3v) is 4.37. The molecule has 0 unspecified atom stereocenters. The van der Waals surface area contributed by atoms with Crippen LogP contribution in [-0.2, 0) is 0 Å². The van der Waals surface area contributed by atoms with E-state index < -0.39 is 0 Å². The van der Waals surface area contributed by atoms with Gasteiger partial charge in [-0.2, -0.15) is 0 Å². The first kappa shape index (κ1) is 13.5. The van der Waals surface area contributed by atoms with Crippen molar-refractivity contribution in [1.29, 1.82) is 0 Å². The molecule has 2 nitrogen and oxygen atoms in total. The van der Waals surface area contributed by atoms with Crippen molar-refractivity contribution in [1.82, 2.24) is 0 Å². The lowest BCUT2D eigenvalue weighted by Crippen LogP contribution is -1.99. The second-order valence-electron chi connectivity index (χ2n) is 3.89. The fraction of sp³-hybridized carbons (Fsp3) is 0.0769. The van der Waals surface area contributed by atoms with Gasteiger partial charge in [0.25, 0.3) is 0 Å². The van der Waals surface area contributed by atoms with Crippen LogP contribution in [0.2, 0.25) is 10.0 Å². The molecule has 2 aromatic rings. The van der Waals surface area contributed by atoms with E-state index in [4.69, 9.17) is 28.9 Å². The van der Waals surface area contributed by atoms with Gasteiger partial charge >= 0.3 is 0 Å². The van der Waals surface area contributed by atoms with Gasteiger partial charge in [0.1, 0.15) is 0 Å². The van der Waals surface area contributed by atoms with Crippen molar-refractivity contribution in [3.63, 3.8) is 0 Å². The number of nitrogens with two attached hydrogens (primary N) is 1. The van der Waals surface area contributed by atoms with Crippen LogP contribution in [-0.4, -0.2) is 0 Å². The van der Waals surface area contributed by atoms with E-state index in [1.807, 2.05) is 37.3 Å². The minimum atomic E-state index is 0.466. The highest BCUT2D eigenvalue weighted by molar-refractivity contribution is 9.10. The molecule has 0 atom stereocenters. The summed E-state index contributed by atoms with van der Waals surface area (Å²) in [6.45, 7) is 1.98. The Hall–Kier alpha value is -0.900. The molecule has 0 spiro atoms. The summed E-state index contributed by atoms with van der Waals surface area (Å²) in [6.07, 6.45) is 0. The molecule has 5 heteroatoms. The Morgan fingerprint density at radius 2 is 1.83 bits per heavy atom. The van der Waals surface area contributed by atoms with Gasteiger partial charge in [-0.3, -0.25) is 0 Å². The smallest absolute Gasteiger partial charge is 0.0838 e. The highest BCUT2D eigenvalue weighted by atomic mass is 79.9. The minimum Gasteiger partial charge on any atom is -0.397 e. The quantitative estimate of drug-likeness (QED) is 0.565. The molecule has 0 bridgehead atoms. The number of para-hydroxylation sites is 1. The zero-order chi connectivity index (χ0) is 13.3. The zero-order valence-corrected chi connectivity index (χ0v) is 12.7. The largest absolute Gasteiger partial charge is 0.397 e. The lowest BCUT2D eigenvalue weighted by molar-refractivity contribution is 1.43. The maximum atomic E-state index is 6.19. The highest BCUT2D eigenvalue weighted by Gasteiger charge is 2.10. The standard InChI is InChI=1S/C13H11BrCl2N2/c1-7-3-2-4-9(17)13(7)18-10-6-5-8(14)11(15)12(10)16/h2-6,18H,17H2,1H3. The summed E-state index contributed by atoms with van der Waals surface area (Å²) in [6, 6.07) is 9.41. The van der Waals surface area contributed by atoms with E-state index in [-0.39, 0.29) is 0 Å². The Bertz CT molecular complexity index is 580. The summed E-state index contributed by atoms with van der Waals surface area (Å²) < 4.78 is 0.762. The van der Waals surface area contributed by atoms with Crippen molar-refractivity contribution in [2.24, 2.45) is 0 Å². The van der Waals surface area contributed by atoms with Crippen LogP contribution in [0.15, 0.2) is 34.8 Å². The highest BCUT2D eigenvalue weighted by Crippen LogP contribution is 2.38. The van der Waals surface area contributed by atoms with Crippen LogP contribution in [0.25, 0.3) is 0 Å². The summed E-state index contributed by atoms with van der Waals surface area (Å²) in [4.78, 5) is 0. The van der Waals surface area contributed by atoms with Crippen molar-refractivity contribution in [2.45, 2.75) is 6.92 Å². The number of anilines is 3. The average molecular weight is 346 g/mol. The van der Waals surface area contributed by atoms with Crippen LogP contribution in [0.1, 0.15) is 5.56 Å². The first-order valence-corrected chi connectivity index (χ1v) is 6.81. The normalized spacial score (nSPS) is 10.4. The lowest BCUT2D eigenvalue weighted by atomic mass is 10.1. The summed E-state index contributed by atoms with van der Waals surface area (Å²) in [7, 11) is 0. The van der Waals surface area contributed by atoms with E-state index in [0.29, 0.717) is 15.7 Å². The predicted molar refractivity (Wildman–Crippen MR) is 83.0 cm³/mol. The van der Waals surface area contributed by atoms with Crippen molar-refractivity contribution < 1.29 is 0 Å². The summed E-state index contributed by atoms with van der Waals surface area (Å²) >= 11 is 15.6. The molecule has 0 fully saturated rings. The Morgan fingerprint density at radius 3 is 2.50 bits per heavy atom. The summed E-state index contributed by atoms with van der Waals surface area (Å²) in [5.41, 5.74) is 9.23. The number of nitrogens with one attached hydrogen (secondary N) is 1. The molecule has 0 aliphatic heterocycles. The number of rotatable bonds is 2. The second kappa shape index (κ2) is 5.39. The number of benzene rings is 2. The van der Waals surface area contributed by atoms with Gasteiger partial charge in [-0.05, 0) is 46.6 Å². The number of hydrogen-bond acceptors (Lipinski definition) is 2.